The molecule has 2 aromatic heterocycles. The van der Waals surface area contributed by atoms with Crippen molar-refractivity contribution in [3.8, 4) is 0 Å². The third kappa shape index (κ3) is 5.07. The number of carbonyl (C=O) groups is 3. The normalized spacial score (nSPS) is 11.1. The van der Waals surface area contributed by atoms with Crippen LogP contribution in [-0.2, 0) is 36.4 Å². The molecule has 0 atom stereocenters. The summed E-state index contributed by atoms with van der Waals surface area (Å²) in [5.41, 5.74) is 5.82. The lowest BCUT2D eigenvalue weighted by Gasteiger charge is -2.08. The van der Waals surface area contributed by atoms with Crippen LogP contribution < -0.4 is 5.73 Å². The van der Waals surface area contributed by atoms with Crippen LogP contribution in [0.4, 0.5) is 5.00 Å². The van der Waals surface area contributed by atoms with E-state index in [1.807, 2.05) is 0 Å². The number of thiophene rings is 1. The predicted molar refractivity (Wildman–Crippen MR) is 117 cm³/mol. The SMILES string of the molecule is COC(=O)c1sc(N)c(C(=O)OC)c1COC(=O)c1occc1CS(=O)(=O)c1ccccc1. The second-order valence-corrected chi connectivity index (χ2v) is 9.60. The predicted octanol–water partition coefficient (Wildman–Crippen LogP) is 2.83. The molecule has 0 aliphatic carbocycles. The summed E-state index contributed by atoms with van der Waals surface area (Å²) in [7, 11) is -1.47. The third-order valence-electron chi connectivity index (χ3n) is 4.52. The smallest absolute Gasteiger partial charge is 0.374 e. The maximum atomic E-state index is 12.7. The number of anilines is 1. The molecule has 3 aromatic rings. The van der Waals surface area contributed by atoms with Gasteiger partial charge in [-0.1, -0.05) is 18.2 Å². The lowest BCUT2D eigenvalue weighted by atomic mass is 10.1. The Kier molecular flexibility index (Phi) is 7.19. The average molecular weight is 494 g/mol. The summed E-state index contributed by atoms with van der Waals surface area (Å²) in [4.78, 5) is 36.9. The monoisotopic (exact) mass is 493 g/mol. The van der Waals surface area contributed by atoms with Gasteiger partial charge in [-0.15, -0.1) is 11.3 Å². The van der Waals surface area contributed by atoms with Gasteiger partial charge in [0.05, 0.1) is 31.1 Å². The molecule has 2 heterocycles. The zero-order valence-electron chi connectivity index (χ0n) is 17.5. The number of methoxy groups -OCH3 is 2. The lowest BCUT2D eigenvalue weighted by Crippen LogP contribution is -2.14. The van der Waals surface area contributed by atoms with Gasteiger partial charge in [0.1, 0.15) is 22.0 Å². The highest BCUT2D eigenvalue weighted by Crippen LogP contribution is 2.33. The molecule has 10 nitrogen and oxygen atoms in total. The summed E-state index contributed by atoms with van der Waals surface area (Å²) in [5, 5.41) is -0.0130. The van der Waals surface area contributed by atoms with Crippen molar-refractivity contribution in [3.63, 3.8) is 0 Å². The van der Waals surface area contributed by atoms with E-state index in [0.29, 0.717) is 0 Å². The molecule has 0 bridgehead atoms. The van der Waals surface area contributed by atoms with Crippen LogP contribution >= 0.6 is 11.3 Å². The molecule has 0 spiro atoms. The van der Waals surface area contributed by atoms with Gasteiger partial charge in [-0.3, -0.25) is 0 Å². The maximum Gasteiger partial charge on any atom is 0.374 e. The Hall–Kier alpha value is -3.64. The molecule has 0 amide bonds. The summed E-state index contributed by atoms with van der Waals surface area (Å²) >= 11 is 0.784. The first-order valence-corrected chi connectivity index (χ1v) is 11.8. The summed E-state index contributed by atoms with van der Waals surface area (Å²) in [6.45, 7) is -0.535. The average Bonchev–Trinajstić information content (AvgIpc) is 3.40. The van der Waals surface area contributed by atoms with Crippen LogP contribution in [0.15, 0.2) is 52.0 Å². The number of hydrogen-bond donors (Lipinski definition) is 1. The van der Waals surface area contributed by atoms with Gasteiger partial charge in [0.2, 0.25) is 5.76 Å². The van der Waals surface area contributed by atoms with E-state index in [4.69, 9.17) is 19.6 Å². The fourth-order valence-electron chi connectivity index (χ4n) is 2.95. The molecular formula is C21H19NO9S2. The molecule has 0 fully saturated rings. The Bertz CT molecular complexity index is 1290. The number of sulfone groups is 1. The van der Waals surface area contributed by atoms with Crippen LogP contribution in [0.3, 0.4) is 0 Å². The van der Waals surface area contributed by atoms with E-state index in [9.17, 15) is 22.8 Å². The van der Waals surface area contributed by atoms with Crippen molar-refractivity contribution in [2.24, 2.45) is 0 Å². The second kappa shape index (κ2) is 9.88. The van der Waals surface area contributed by atoms with Crippen LogP contribution in [0.5, 0.6) is 0 Å². The van der Waals surface area contributed by atoms with Crippen molar-refractivity contribution < 1.29 is 41.4 Å². The van der Waals surface area contributed by atoms with Crippen molar-refractivity contribution in [3.05, 3.63) is 70.0 Å². The Labute approximate surface area is 192 Å². The van der Waals surface area contributed by atoms with E-state index in [0.717, 1.165) is 31.8 Å². The molecule has 174 valence electrons. The van der Waals surface area contributed by atoms with Gasteiger partial charge in [0, 0.05) is 11.1 Å². The van der Waals surface area contributed by atoms with Crippen molar-refractivity contribution in [2.75, 3.05) is 20.0 Å². The number of esters is 3. The molecule has 0 aliphatic rings. The van der Waals surface area contributed by atoms with Gasteiger partial charge in [-0.25, -0.2) is 22.8 Å². The van der Waals surface area contributed by atoms with Gasteiger partial charge in [0.25, 0.3) is 0 Å². The first-order valence-electron chi connectivity index (χ1n) is 9.28. The quantitative estimate of drug-likeness (QED) is 0.366. The number of rotatable bonds is 8. The van der Waals surface area contributed by atoms with Gasteiger partial charge in [-0.05, 0) is 18.2 Å². The summed E-state index contributed by atoms with van der Waals surface area (Å²) in [5.74, 6) is -3.41. The number of benzene rings is 1. The minimum atomic E-state index is -3.75. The van der Waals surface area contributed by atoms with Crippen LogP contribution in [0, 0.1) is 0 Å². The highest BCUT2D eigenvalue weighted by Gasteiger charge is 2.29. The van der Waals surface area contributed by atoms with E-state index < -0.39 is 40.1 Å². The molecule has 0 saturated heterocycles. The molecule has 0 radical (unpaired) electrons. The van der Waals surface area contributed by atoms with E-state index in [1.54, 1.807) is 18.2 Å². The largest absolute Gasteiger partial charge is 0.465 e. The highest BCUT2D eigenvalue weighted by molar-refractivity contribution is 7.90. The van der Waals surface area contributed by atoms with Gasteiger partial charge >= 0.3 is 17.9 Å². The minimum Gasteiger partial charge on any atom is -0.465 e. The standard InChI is InChI=1S/C21H19NO9S2/c1-28-19(23)15-14(17(21(25)29-2)32-18(15)22)10-31-20(24)16-12(8-9-30-16)11-33(26,27)13-6-4-3-5-7-13/h3-9H,10-11,22H2,1-2H3. The van der Waals surface area contributed by atoms with Crippen molar-refractivity contribution >= 4 is 44.1 Å². The van der Waals surface area contributed by atoms with E-state index in [1.165, 1.54) is 18.2 Å². The Balaban J connectivity index is 1.84. The first-order chi connectivity index (χ1) is 15.7. The van der Waals surface area contributed by atoms with Crippen LogP contribution in [0.25, 0.3) is 0 Å². The fraction of sp³-hybridized carbons (Fsp3) is 0.190. The number of nitrogen functional groups attached to an aromatic ring is 1. The third-order valence-corrected chi connectivity index (χ3v) is 7.24. The molecule has 3 rings (SSSR count). The number of ether oxygens (including phenoxy) is 3. The fourth-order valence-corrected chi connectivity index (χ4v) is 5.31. The summed E-state index contributed by atoms with van der Waals surface area (Å²) in [6, 6.07) is 9.08. The molecule has 0 unspecified atom stereocenters. The minimum absolute atomic E-state index is 0.00885. The number of furan rings is 1. The molecule has 0 saturated carbocycles. The topological polar surface area (TPSA) is 152 Å². The molecule has 1 aromatic carbocycles. The van der Waals surface area contributed by atoms with Crippen molar-refractivity contribution in [1.29, 1.82) is 0 Å². The highest BCUT2D eigenvalue weighted by atomic mass is 32.2. The van der Waals surface area contributed by atoms with Gasteiger partial charge < -0.3 is 24.4 Å². The molecule has 33 heavy (non-hydrogen) atoms. The Morgan fingerprint density at radius 3 is 2.30 bits per heavy atom. The van der Waals surface area contributed by atoms with Crippen LogP contribution in [0.1, 0.15) is 41.7 Å². The molecule has 0 aliphatic heterocycles. The maximum absolute atomic E-state index is 12.7. The first kappa shape index (κ1) is 24.0. The van der Waals surface area contributed by atoms with Crippen molar-refractivity contribution in [1.82, 2.24) is 0 Å². The van der Waals surface area contributed by atoms with Gasteiger partial charge in [0.15, 0.2) is 9.84 Å². The Morgan fingerprint density at radius 2 is 1.67 bits per heavy atom. The number of hydrogen-bond acceptors (Lipinski definition) is 11. The molecular weight excluding hydrogens is 474 g/mol. The number of carbonyl (C=O) groups excluding carboxylic acids is 3. The lowest BCUT2D eigenvalue weighted by molar-refractivity contribution is 0.0419. The summed E-state index contributed by atoms with van der Waals surface area (Å²) in [6.07, 6.45) is 1.16. The summed E-state index contributed by atoms with van der Waals surface area (Å²) < 4.78 is 45.1. The van der Waals surface area contributed by atoms with E-state index in [2.05, 4.69) is 4.74 Å². The van der Waals surface area contributed by atoms with E-state index >= 15 is 0 Å². The van der Waals surface area contributed by atoms with Crippen LogP contribution in [0.2, 0.25) is 0 Å². The van der Waals surface area contributed by atoms with Crippen LogP contribution in [-0.4, -0.2) is 40.5 Å². The second-order valence-electron chi connectivity index (χ2n) is 6.56. The Morgan fingerprint density at radius 1 is 1.00 bits per heavy atom. The molecule has 12 heteroatoms. The zero-order valence-corrected chi connectivity index (χ0v) is 19.2. The van der Waals surface area contributed by atoms with E-state index in [-0.39, 0.29) is 37.2 Å². The van der Waals surface area contributed by atoms with Gasteiger partial charge in [-0.2, -0.15) is 0 Å². The zero-order chi connectivity index (χ0) is 24.2. The van der Waals surface area contributed by atoms with Crippen molar-refractivity contribution in [2.45, 2.75) is 17.3 Å². The number of nitrogens with two attached hydrogens (primary N) is 1. The molecule has 2 N–H and O–H groups in total.